The van der Waals surface area contributed by atoms with Crippen LogP contribution in [-0.2, 0) is 9.59 Å². The van der Waals surface area contributed by atoms with Crippen LogP contribution in [0.1, 0.15) is 31.2 Å². The van der Waals surface area contributed by atoms with E-state index in [0.717, 1.165) is 0 Å². The van der Waals surface area contributed by atoms with E-state index in [1.165, 1.54) is 18.2 Å². The van der Waals surface area contributed by atoms with Gasteiger partial charge in [-0.1, -0.05) is 6.07 Å². The van der Waals surface area contributed by atoms with E-state index in [0.29, 0.717) is 17.7 Å². The minimum atomic E-state index is -0.625. The summed E-state index contributed by atoms with van der Waals surface area (Å²) in [4.78, 5) is 23.8. The van der Waals surface area contributed by atoms with Gasteiger partial charge in [0.15, 0.2) is 0 Å². The van der Waals surface area contributed by atoms with Crippen LogP contribution in [0.2, 0.25) is 0 Å². The van der Waals surface area contributed by atoms with Crippen LogP contribution in [-0.4, -0.2) is 29.6 Å². The lowest BCUT2D eigenvalue weighted by Gasteiger charge is -2.26. The number of carbonyl (C=O) groups excluding carboxylic acids is 2. The van der Waals surface area contributed by atoms with E-state index in [4.69, 9.17) is 5.11 Å². The average Bonchev–Trinajstić information content (AvgIpc) is 2.37. The van der Waals surface area contributed by atoms with Crippen LogP contribution in [0, 0.1) is 5.82 Å². The summed E-state index contributed by atoms with van der Waals surface area (Å²) < 4.78 is 13.2. The topological polar surface area (TPSA) is 78.4 Å². The predicted molar refractivity (Wildman–Crippen MR) is 71.7 cm³/mol. The summed E-state index contributed by atoms with van der Waals surface area (Å²) in [6, 6.07) is 3.82. The molecule has 2 amide bonds. The molecule has 0 aliphatic carbocycles. The molecule has 0 radical (unpaired) electrons. The second kappa shape index (κ2) is 6.00. The second-order valence-electron chi connectivity index (χ2n) is 4.96. The van der Waals surface area contributed by atoms with Crippen LogP contribution in [0.5, 0.6) is 0 Å². The van der Waals surface area contributed by atoms with Gasteiger partial charge in [0, 0.05) is 24.8 Å². The highest BCUT2D eigenvalue weighted by molar-refractivity contribution is 6.01. The Bertz CT molecular complexity index is 533. The van der Waals surface area contributed by atoms with Gasteiger partial charge in [-0.15, -0.1) is 0 Å². The van der Waals surface area contributed by atoms with Crippen molar-refractivity contribution in [2.45, 2.75) is 31.7 Å². The number of hydrogen-bond donors (Lipinski definition) is 3. The van der Waals surface area contributed by atoms with Crippen LogP contribution in [0.15, 0.2) is 18.2 Å². The Hall–Kier alpha value is -1.95. The van der Waals surface area contributed by atoms with Crippen molar-refractivity contribution in [1.82, 2.24) is 5.32 Å². The normalized spacial score (nSPS) is 18.9. The predicted octanol–water partition coefficient (Wildman–Crippen LogP) is 1.14. The van der Waals surface area contributed by atoms with E-state index in [9.17, 15) is 14.0 Å². The first-order valence-electron chi connectivity index (χ1n) is 6.51. The third-order valence-corrected chi connectivity index (χ3v) is 3.32. The number of amides is 2. The smallest absolute Gasteiger partial charge is 0.228 e. The van der Waals surface area contributed by atoms with Gasteiger partial charge < -0.3 is 15.7 Å². The Morgan fingerprint density at radius 2 is 2.35 bits per heavy atom. The van der Waals surface area contributed by atoms with Gasteiger partial charge in [-0.2, -0.15) is 0 Å². The third-order valence-electron chi connectivity index (χ3n) is 3.32. The maximum absolute atomic E-state index is 13.2. The van der Waals surface area contributed by atoms with Crippen molar-refractivity contribution in [3.05, 3.63) is 29.6 Å². The van der Waals surface area contributed by atoms with Crippen molar-refractivity contribution < 1.29 is 19.1 Å². The van der Waals surface area contributed by atoms with Crippen molar-refractivity contribution in [3.63, 3.8) is 0 Å². The number of rotatable bonds is 4. The Balaban J connectivity index is 2.20. The molecule has 108 valence electrons. The summed E-state index contributed by atoms with van der Waals surface area (Å²) in [5.41, 5.74) is 0.955. The van der Waals surface area contributed by atoms with Crippen molar-refractivity contribution in [3.8, 4) is 0 Å². The summed E-state index contributed by atoms with van der Waals surface area (Å²) in [5.74, 6) is -1.68. The molecular formula is C14H17FN2O3. The van der Waals surface area contributed by atoms with Gasteiger partial charge in [0.2, 0.25) is 11.8 Å². The fraction of sp³-hybridized carbons (Fsp3) is 0.429. The van der Waals surface area contributed by atoms with Crippen LogP contribution in [0.3, 0.4) is 0 Å². The molecule has 6 heteroatoms. The molecular weight excluding hydrogens is 263 g/mol. The molecule has 5 nitrogen and oxygen atoms in total. The van der Waals surface area contributed by atoms with Crippen LogP contribution >= 0.6 is 0 Å². The number of fused-ring (bicyclic) bond motifs is 1. The zero-order chi connectivity index (χ0) is 14.7. The highest BCUT2D eigenvalue weighted by Gasteiger charge is 2.31. The Morgan fingerprint density at radius 1 is 1.60 bits per heavy atom. The molecule has 2 unspecified atom stereocenters. The first-order chi connectivity index (χ1) is 9.51. The summed E-state index contributed by atoms with van der Waals surface area (Å²) >= 11 is 0. The maximum atomic E-state index is 13.2. The van der Waals surface area contributed by atoms with Gasteiger partial charge >= 0.3 is 0 Å². The standard InChI is InChI=1S/C14H17FN2O3/c1-8(4-5-18)16-14(20)11-7-13(19)17-12-6-9(15)2-3-10(11)12/h2-3,6,8,11,18H,4-5,7H2,1H3,(H,16,20)(H,17,19). The minimum Gasteiger partial charge on any atom is -0.396 e. The van der Waals surface area contributed by atoms with Gasteiger partial charge in [0.25, 0.3) is 0 Å². The highest BCUT2D eigenvalue weighted by atomic mass is 19.1. The van der Waals surface area contributed by atoms with Crippen molar-refractivity contribution >= 4 is 17.5 Å². The Labute approximate surface area is 116 Å². The fourth-order valence-corrected chi connectivity index (χ4v) is 2.28. The molecule has 2 rings (SSSR count). The fourth-order valence-electron chi connectivity index (χ4n) is 2.28. The maximum Gasteiger partial charge on any atom is 0.228 e. The number of nitrogens with one attached hydrogen (secondary N) is 2. The number of anilines is 1. The number of carbonyl (C=O) groups is 2. The SMILES string of the molecule is CC(CCO)NC(=O)C1CC(=O)Nc2cc(F)ccc21. The first kappa shape index (κ1) is 14.5. The molecule has 0 fully saturated rings. The molecule has 1 aliphatic heterocycles. The quantitative estimate of drug-likeness (QED) is 0.774. The molecule has 0 saturated heterocycles. The number of aliphatic hydroxyl groups is 1. The molecule has 2 atom stereocenters. The van der Waals surface area contributed by atoms with Crippen molar-refractivity contribution in [2.24, 2.45) is 0 Å². The monoisotopic (exact) mass is 280 g/mol. The molecule has 1 aromatic rings. The van der Waals surface area contributed by atoms with Gasteiger partial charge in [-0.05, 0) is 31.0 Å². The second-order valence-corrected chi connectivity index (χ2v) is 4.96. The zero-order valence-electron chi connectivity index (χ0n) is 11.1. The molecule has 1 heterocycles. The minimum absolute atomic E-state index is 0.0194. The number of halogens is 1. The largest absolute Gasteiger partial charge is 0.396 e. The number of aliphatic hydroxyl groups excluding tert-OH is 1. The van der Waals surface area contributed by atoms with Crippen LogP contribution < -0.4 is 10.6 Å². The molecule has 0 saturated carbocycles. The van der Waals surface area contributed by atoms with Gasteiger partial charge in [-0.3, -0.25) is 9.59 Å². The zero-order valence-corrected chi connectivity index (χ0v) is 11.1. The summed E-state index contributed by atoms with van der Waals surface area (Å²) in [5, 5.41) is 14.2. The van der Waals surface area contributed by atoms with E-state index in [2.05, 4.69) is 10.6 Å². The van der Waals surface area contributed by atoms with E-state index < -0.39 is 11.7 Å². The van der Waals surface area contributed by atoms with E-state index in [1.54, 1.807) is 6.92 Å². The van der Waals surface area contributed by atoms with Gasteiger partial charge in [0.05, 0.1) is 5.92 Å². The highest BCUT2D eigenvalue weighted by Crippen LogP contribution is 2.32. The number of benzene rings is 1. The third kappa shape index (κ3) is 3.14. The average molecular weight is 280 g/mol. The lowest BCUT2D eigenvalue weighted by molar-refractivity contribution is -0.126. The lowest BCUT2D eigenvalue weighted by Crippen LogP contribution is -2.39. The lowest BCUT2D eigenvalue weighted by atomic mass is 9.89. The Kier molecular flexibility index (Phi) is 4.34. The molecule has 0 spiro atoms. The van der Waals surface area contributed by atoms with Crippen LogP contribution in [0.25, 0.3) is 0 Å². The molecule has 1 aliphatic rings. The number of hydrogen-bond acceptors (Lipinski definition) is 3. The Morgan fingerprint density at radius 3 is 3.05 bits per heavy atom. The van der Waals surface area contributed by atoms with Crippen molar-refractivity contribution in [2.75, 3.05) is 11.9 Å². The first-order valence-corrected chi connectivity index (χ1v) is 6.51. The summed E-state index contributed by atoms with van der Waals surface area (Å²) in [6.07, 6.45) is 0.483. The molecule has 0 bridgehead atoms. The van der Waals surface area contributed by atoms with E-state index >= 15 is 0 Å². The molecule has 1 aromatic carbocycles. The molecule has 0 aromatic heterocycles. The molecule has 20 heavy (non-hydrogen) atoms. The summed E-state index contributed by atoms with van der Waals surface area (Å²) in [7, 11) is 0. The van der Waals surface area contributed by atoms with Gasteiger partial charge in [0.1, 0.15) is 5.82 Å². The van der Waals surface area contributed by atoms with Crippen LogP contribution in [0.4, 0.5) is 10.1 Å². The van der Waals surface area contributed by atoms with Gasteiger partial charge in [-0.25, -0.2) is 4.39 Å². The van der Waals surface area contributed by atoms with Crippen molar-refractivity contribution in [1.29, 1.82) is 0 Å². The molecule has 3 N–H and O–H groups in total. The van der Waals surface area contributed by atoms with E-state index in [-0.39, 0.29) is 30.9 Å². The summed E-state index contributed by atoms with van der Waals surface area (Å²) in [6.45, 7) is 1.76. The van der Waals surface area contributed by atoms with E-state index in [1.807, 2.05) is 0 Å².